The van der Waals surface area contributed by atoms with Crippen molar-refractivity contribution >= 4 is 21.7 Å². The molecule has 2 aromatic rings. The zero-order chi connectivity index (χ0) is 15.4. The van der Waals surface area contributed by atoms with E-state index in [-0.39, 0.29) is 0 Å². The highest BCUT2D eigenvalue weighted by Gasteiger charge is 2.20. The molecule has 1 unspecified atom stereocenters. The second kappa shape index (κ2) is 7.20. The van der Waals surface area contributed by atoms with Gasteiger partial charge in [-0.3, -0.25) is 4.90 Å². The maximum absolute atomic E-state index is 4.47. The number of aromatic nitrogens is 2. The lowest BCUT2D eigenvalue weighted by molar-refractivity contribution is 0.208. The van der Waals surface area contributed by atoms with Crippen LogP contribution in [0.5, 0.6) is 0 Å². The molecule has 1 fully saturated rings. The summed E-state index contributed by atoms with van der Waals surface area (Å²) < 4.78 is 0.833. The molecule has 1 aromatic carbocycles. The normalized spacial score (nSPS) is 19.1. The maximum atomic E-state index is 4.47. The number of rotatable bonds is 4. The van der Waals surface area contributed by atoms with Crippen LogP contribution in [0.4, 0.5) is 5.82 Å². The van der Waals surface area contributed by atoms with E-state index in [4.69, 9.17) is 0 Å². The molecule has 1 saturated heterocycles. The molecule has 1 aromatic heterocycles. The Bertz CT molecular complexity index is 597. The molecular weight excluding hydrogens is 340 g/mol. The minimum absolute atomic E-state index is 0.443. The van der Waals surface area contributed by atoms with Gasteiger partial charge in [0.1, 0.15) is 16.2 Å². The fourth-order valence-corrected chi connectivity index (χ4v) is 3.45. The van der Waals surface area contributed by atoms with Crippen molar-refractivity contribution in [3.63, 3.8) is 0 Å². The van der Waals surface area contributed by atoms with Crippen LogP contribution in [-0.2, 0) is 6.54 Å². The molecule has 0 radical (unpaired) electrons. The minimum atomic E-state index is 0.443. The Morgan fingerprint density at radius 3 is 2.86 bits per heavy atom. The Labute approximate surface area is 140 Å². The first-order valence-electron chi connectivity index (χ1n) is 7.73. The molecule has 4 nitrogen and oxygen atoms in total. The van der Waals surface area contributed by atoms with Crippen LogP contribution in [0.3, 0.4) is 0 Å². The van der Waals surface area contributed by atoms with E-state index in [2.05, 4.69) is 66.4 Å². The maximum Gasteiger partial charge on any atom is 0.131 e. The third-order valence-corrected chi connectivity index (χ3v) is 4.32. The molecule has 0 spiro atoms. The minimum Gasteiger partial charge on any atom is -0.366 e. The number of likely N-dealkylation sites (tertiary alicyclic amines) is 1. The number of hydrogen-bond acceptors (Lipinski definition) is 4. The van der Waals surface area contributed by atoms with Gasteiger partial charge in [-0.2, -0.15) is 0 Å². The monoisotopic (exact) mass is 360 g/mol. The second-order valence-corrected chi connectivity index (χ2v) is 6.64. The second-order valence-electron chi connectivity index (χ2n) is 5.83. The number of hydrogen-bond donors (Lipinski definition) is 1. The number of aryl methyl sites for hydroxylation is 1. The van der Waals surface area contributed by atoms with Gasteiger partial charge < -0.3 is 5.32 Å². The van der Waals surface area contributed by atoms with Crippen molar-refractivity contribution in [2.24, 2.45) is 0 Å². The van der Waals surface area contributed by atoms with E-state index in [1.165, 1.54) is 24.9 Å². The fourth-order valence-electron chi connectivity index (χ4n) is 2.97. The van der Waals surface area contributed by atoms with E-state index in [1.807, 2.05) is 13.0 Å². The van der Waals surface area contributed by atoms with Crippen molar-refractivity contribution in [3.8, 4) is 0 Å². The predicted molar refractivity (Wildman–Crippen MR) is 92.8 cm³/mol. The van der Waals surface area contributed by atoms with Crippen LogP contribution < -0.4 is 5.32 Å². The summed E-state index contributed by atoms with van der Waals surface area (Å²) in [6.07, 6.45) is 2.40. The largest absolute Gasteiger partial charge is 0.366 e. The molecular formula is C17H21BrN4. The van der Waals surface area contributed by atoms with Gasteiger partial charge in [0, 0.05) is 25.2 Å². The third kappa shape index (κ3) is 4.27. The van der Waals surface area contributed by atoms with Crippen LogP contribution in [0, 0.1) is 6.92 Å². The number of nitrogens with zero attached hydrogens (tertiary/aromatic N) is 3. The average Bonchev–Trinajstić information content (AvgIpc) is 2.47. The van der Waals surface area contributed by atoms with Gasteiger partial charge in [0.2, 0.25) is 0 Å². The lowest BCUT2D eigenvalue weighted by Gasteiger charge is -2.33. The smallest absolute Gasteiger partial charge is 0.131 e. The molecule has 5 heteroatoms. The molecule has 116 valence electrons. The molecule has 3 rings (SSSR count). The fraction of sp³-hybridized carbons (Fsp3) is 0.412. The Hall–Kier alpha value is -1.46. The summed E-state index contributed by atoms with van der Waals surface area (Å²) >= 11 is 3.43. The summed E-state index contributed by atoms with van der Waals surface area (Å²) in [4.78, 5) is 11.2. The standard InChI is InChI=1S/C17H21BrN4/c1-13-19-16(18)10-17(20-13)21-15-8-5-9-22(12-15)11-14-6-3-2-4-7-14/h2-4,6-7,10,15H,5,8-9,11-12H2,1H3,(H,19,20,21). The van der Waals surface area contributed by atoms with E-state index >= 15 is 0 Å². The predicted octanol–water partition coefficient (Wildman–Crippen LogP) is 3.62. The van der Waals surface area contributed by atoms with Gasteiger partial charge in [-0.15, -0.1) is 0 Å². The highest BCUT2D eigenvalue weighted by molar-refractivity contribution is 9.10. The Morgan fingerprint density at radius 2 is 2.09 bits per heavy atom. The third-order valence-electron chi connectivity index (χ3n) is 3.91. The summed E-state index contributed by atoms with van der Waals surface area (Å²) in [5.74, 6) is 1.69. The molecule has 0 amide bonds. The van der Waals surface area contributed by atoms with Crippen molar-refractivity contribution in [1.29, 1.82) is 0 Å². The summed E-state index contributed by atoms with van der Waals surface area (Å²) in [6.45, 7) is 5.15. The molecule has 1 aliphatic heterocycles. The lowest BCUT2D eigenvalue weighted by Crippen LogP contribution is -2.41. The first kappa shape index (κ1) is 15.4. The van der Waals surface area contributed by atoms with Crippen molar-refractivity contribution in [2.75, 3.05) is 18.4 Å². The van der Waals surface area contributed by atoms with Crippen LogP contribution in [0.25, 0.3) is 0 Å². The van der Waals surface area contributed by atoms with E-state index in [1.54, 1.807) is 0 Å². The van der Waals surface area contributed by atoms with Gasteiger partial charge >= 0.3 is 0 Å². The summed E-state index contributed by atoms with van der Waals surface area (Å²) in [5, 5.41) is 3.56. The molecule has 1 aliphatic rings. The van der Waals surface area contributed by atoms with Crippen LogP contribution >= 0.6 is 15.9 Å². The highest BCUT2D eigenvalue weighted by atomic mass is 79.9. The molecule has 22 heavy (non-hydrogen) atoms. The SMILES string of the molecule is Cc1nc(Br)cc(NC2CCCN(Cc3ccccc3)C2)n1. The van der Waals surface area contributed by atoms with Gasteiger partial charge in [-0.05, 0) is 47.8 Å². The number of benzene rings is 1. The van der Waals surface area contributed by atoms with E-state index < -0.39 is 0 Å². The van der Waals surface area contributed by atoms with Crippen molar-refractivity contribution in [2.45, 2.75) is 32.4 Å². The highest BCUT2D eigenvalue weighted by Crippen LogP contribution is 2.18. The first-order chi connectivity index (χ1) is 10.7. The van der Waals surface area contributed by atoms with Gasteiger partial charge in [0.15, 0.2) is 0 Å². The van der Waals surface area contributed by atoms with Crippen molar-refractivity contribution < 1.29 is 0 Å². The van der Waals surface area contributed by atoms with Crippen LogP contribution in [0.1, 0.15) is 24.2 Å². The van der Waals surface area contributed by atoms with Crippen molar-refractivity contribution in [3.05, 3.63) is 52.4 Å². The first-order valence-corrected chi connectivity index (χ1v) is 8.52. The lowest BCUT2D eigenvalue weighted by atomic mass is 10.0. The van der Waals surface area contributed by atoms with E-state index in [9.17, 15) is 0 Å². The number of nitrogens with one attached hydrogen (secondary N) is 1. The van der Waals surface area contributed by atoms with E-state index in [0.29, 0.717) is 6.04 Å². The topological polar surface area (TPSA) is 41.1 Å². The van der Waals surface area contributed by atoms with Gasteiger partial charge in [-0.1, -0.05) is 30.3 Å². The molecule has 0 saturated carbocycles. The molecule has 2 heterocycles. The van der Waals surface area contributed by atoms with Crippen molar-refractivity contribution in [1.82, 2.24) is 14.9 Å². The molecule has 0 bridgehead atoms. The zero-order valence-electron chi connectivity index (χ0n) is 12.8. The molecule has 1 N–H and O–H groups in total. The van der Waals surface area contributed by atoms with Gasteiger partial charge in [-0.25, -0.2) is 9.97 Å². The van der Waals surface area contributed by atoms with Gasteiger partial charge in [0.05, 0.1) is 0 Å². The Balaban J connectivity index is 1.60. The van der Waals surface area contributed by atoms with E-state index in [0.717, 1.165) is 29.3 Å². The quantitative estimate of drug-likeness (QED) is 0.845. The van der Waals surface area contributed by atoms with Crippen LogP contribution in [-0.4, -0.2) is 34.0 Å². The molecule has 0 aliphatic carbocycles. The Morgan fingerprint density at radius 1 is 1.27 bits per heavy atom. The number of piperidine rings is 1. The number of halogens is 1. The van der Waals surface area contributed by atoms with Crippen LogP contribution in [0.15, 0.2) is 41.0 Å². The van der Waals surface area contributed by atoms with Crippen LogP contribution in [0.2, 0.25) is 0 Å². The summed E-state index contributed by atoms with van der Waals surface area (Å²) in [6, 6.07) is 13.1. The van der Waals surface area contributed by atoms with Gasteiger partial charge in [0.25, 0.3) is 0 Å². The molecule has 1 atom stereocenters. The summed E-state index contributed by atoms with van der Waals surface area (Å²) in [5.41, 5.74) is 1.38. The Kier molecular flexibility index (Phi) is 5.05. The zero-order valence-corrected chi connectivity index (χ0v) is 14.4. The summed E-state index contributed by atoms with van der Waals surface area (Å²) in [7, 11) is 0. The number of anilines is 1. The average molecular weight is 361 g/mol.